The van der Waals surface area contributed by atoms with Crippen LogP contribution in [-0.2, 0) is 0 Å². The van der Waals surface area contributed by atoms with Gasteiger partial charge in [0.15, 0.2) is 0 Å². The van der Waals surface area contributed by atoms with Gasteiger partial charge in [-0.1, -0.05) is 6.07 Å². The molecule has 0 radical (unpaired) electrons. The van der Waals surface area contributed by atoms with Crippen LogP contribution >= 0.6 is 0 Å². The highest BCUT2D eigenvalue weighted by atomic mass is 16.5. The van der Waals surface area contributed by atoms with E-state index in [2.05, 4.69) is 41.8 Å². The Morgan fingerprint density at radius 2 is 1.59 bits per heavy atom. The molecule has 1 atom stereocenters. The van der Waals surface area contributed by atoms with Gasteiger partial charge < -0.3 is 19.5 Å². The van der Waals surface area contributed by atoms with Crippen LogP contribution in [0.4, 0.5) is 5.69 Å². The molecule has 2 aromatic rings. The van der Waals surface area contributed by atoms with Gasteiger partial charge in [0.2, 0.25) is 0 Å². The molecule has 1 aliphatic rings. The van der Waals surface area contributed by atoms with Gasteiger partial charge in [-0.15, -0.1) is 0 Å². The van der Waals surface area contributed by atoms with E-state index in [9.17, 15) is 5.11 Å². The average Bonchev–Trinajstić information content (AvgIpc) is 2.69. The molecule has 2 aromatic carbocycles. The molecule has 27 heavy (non-hydrogen) atoms. The number of aliphatic hydroxyl groups excluding tert-OH is 1. The number of hydrogen-bond acceptors (Lipinski definition) is 5. The minimum Gasteiger partial charge on any atom is -0.497 e. The highest BCUT2D eigenvalue weighted by molar-refractivity contribution is 5.49. The molecular formula is C22H30N2O3. The van der Waals surface area contributed by atoms with Gasteiger partial charge in [0.1, 0.15) is 24.2 Å². The van der Waals surface area contributed by atoms with E-state index in [0.717, 1.165) is 37.7 Å². The normalized spacial score (nSPS) is 16.2. The van der Waals surface area contributed by atoms with E-state index < -0.39 is 6.10 Å². The number of nitrogens with zero attached hydrogens (tertiary/aromatic N) is 2. The van der Waals surface area contributed by atoms with Crippen LogP contribution in [0, 0.1) is 13.8 Å². The molecular weight excluding hydrogens is 340 g/mol. The Bertz CT molecular complexity index is 725. The number of piperazine rings is 1. The Labute approximate surface area is 162 Å². The molecule has 1 fully saturated rings. The van der Waals surface area contributed by atoms with Gasteiger partial charge in [-0.2, -0.15) is 0 Å². The lowest BCUT2D eigenvalue weighted by Crippen LogP contribution is -2.49. The summed E-state index contributed by atoms with van der Waals surface area (Å²) in [6.45, 7) is 8.90. The highest BCUT2D eigenvalue weighted by Gasteiger charge is 2.20. The van der Waals surface area contributed by atoms with Crippen LogP contribution in [0.5, 0.6) is 11.5 Å². The number of rotatable bonds is 7. The largest absolute Gasteiger partial charge is 0.497 e. The summed E-state index contributed by atoms with van der Waals surface area (Å²) in [6, 6.07) is 14.2. The first kappa shape index (κ1) is 19.5. The molecule has 1 heterocycles. The second-order valence-electron chi connectivity index (χ2n) is 7.20. The summed E-state index contributed by atoms with van der Waals surface area (Å²) >= 11 is 0. The lowest BCUT2D eigenvalue weighted by atomic mass is 10.1. The number of methoxy groups -OCH3 is 1. The predicted molar refractivity (Wildman–Crippen MR) is 109 cm³/mol. The van der Waals surface area contributed by atoms with Crippen molar-refractivity contribution in [2.24, 2.45) is 0 Å². The van der Waals surface area contributed by atoms with Gasteiger partial charge >= 0.3 is 0 Å². The number of anilines is 1. The number of aryl methyl sites for hydroxylation is 2. The van der Waals surface area contributed by atoms with Crippen molar-refractivity contribution in [1.29, 1.82) is 0 Å². The summed E-state index contributed by atoms with van der Waals surface area (Å²) in [6.07, 6.45) is -0.487. The van der Waals surface area contributed by atoms with E-state index in [1.807, 2.05) is 24.3 Å². The van der Waals surface area contributed by atoms with Crippen molar-refractivity contribution < 1.29 is 14.6 Å². The summed E-state index contributed by atoms with van der Waals surface area (Å²) in [5.41, 5.74) is 3.67. The average molecular weight is 370 g/mol. The second kappa shape index (κ2) is 9.11. The molecule has 1 aliphatic heterocycles. The van der Waals surface area contributed by atoms with Crippen LogP contribution in [0.25, 0.3) is 0 Å². The van der Waals surface area contributed by atoms with Gasteiger partial charge in [0.25, 0.3) is 0 Å². The number of aliphatic hydroxyl groups is 1. The van der Waals surface area contributed by atoms with Crippen molar-refractivity contribution >= 4 is 5.69 Å². The number of β-amino-alcohol motifs (C(OH)–C–C–N with tert-alkyl or cyclic N) is 1. The minimum atomic E-state index is -0.487. The van der Waals surface area contributed by atoms with Crippen molar-refractivity contribution in [1.82, 2.24) is 4.90 Å². The monoisotopic (exact) mass is 370 g/mol. The lowest BCUT2D eigenvalue weighted by molar-refractivity contribution is 0.0663. The van der Waals surface area contributed by atoms with Crippen LogP contribution in [0.1, 0.15) is 11.1 Å². The molecule has 0 aromatic heterocycles. The lowest BCUT2D eigenvalue weighted by Gasteiger charge is -2.36. The molecule has 146 valence electrons. The Hall–Kier alpha value is -2.24. The molecule has 0 unspecified atom stereocenters. The number of hydrogen-bond donors (Lipinski definition) is 1. The van der Waals surface area contributed by atoms with E-state index in [1.54, 1.807) is 7.11 Å². The Morgan fingerprint density at radius 1 is 0.926 bits per heavy atom. The fraction of sp³-hybridized carbons (Fsp3) is 0.455. The van der Waals surface area contributed by atoms with Gasteiger partial charge in [0.05, 0.1) is 7.11 Å². The van der Waals surface area contributed by atoms with Crippen LogP contribution < -0.4 is 14.4 Å². The van der Waals surface area contributed by atoms with Crippen molar-refractivity contribution in [3.63, 3.8) is 0 Å². The van der Waals surface area contributed by atoms with Gasteiger partial charge in [-0.05, 0) is 61.4 Å². The van der Waals surface area contributed by atoms with E-state index in [-0.39, 0.29) is 0 Å². The number of benzene rings is 2. The Balaban J connectivity index is 1.42. The molecule has 1 N–H and O–H groups in total. The third-order valence-electron chi connectivity index (χ3n) is 5.20. The molecule has 0 saturated carbocycles. The zero-order valence-corrected chi connectivity index (χ0v) is 16.5. The third kappa shape index (κ3) is 5.37. The van der Waals surface area contributed by atoms with Crippen molar-refractivity contribution in [3.05, 3.63) is 53.6 Å². The van der Waals surface area contributed by atoms with E-state index in [1.165, 1.54) is 16.8 Å². The molecule has 0 bridgehead atoms. The fourth-order valence-electron chi connectivity index (χ4n) is 3.33. The molecule has 1 saturated heterocycles. The van der Waals surface area contributed by atoms with E-state index in [0.29, 0.717) is 13.2 Å². The highest BCUT2D eigenvalue weighted by Crippen LogP contribution is 2.21. The quantitative estimate of drug-likeness (QED) is 0.812. The van der Waals surface area contributed by atoms with Crippen molar-refractivity contribution in [2.45, 2.75) is 20.0 Å². The standard InChI is InChI=1S/C22H30N2O3/c1-17-4-7-22(14-18(17)2)27-16-20(25)15-23-10-12-24(13-11-23)19-5-8-21(26-3)9-6-19/h4-9,14,20,25H,10-13,15-16H2,1-3H3/t20-/m1/s1. The number of ether oxygens (including phenoxy) is 2. The van der Waals surface area contributed by atoms with Gasteiger partial charge in [-0.3, -0.25) is 4.90 Å². The zero-order valence-electron chi connectivity index (χ0n) is 16.5. The fourth-order valence-corrected chi connectivity index (χ4v) is 3.33. The Morgan fingerprint density at radius 3 is 2.22 bits per heavy atom. The van der Waals surface area contributed by atoms with Crippen molar-refractivity contribution in [3.8, 4) is 11.5 Å². The van der Waals surface area contributed by atoms with E-state index >= 15 is 0 Å². The topological polar surface area (TPSA) is 45.2 Å². The molecule has 3 rings (SSSR count). The smallest absolute Gasteiger partial charge is 0.119 e. The summed E-state index contributed by atoms with van der Waals surface area (Å²) in [4.78, 5) is 4.67. The summed E-state index contributed by atoms with van der Waals surface area (Å²) in [5, 5.41) is 10.3. The zero-order chi connectivity index (χ0) is 19.2. The summed E-state index contributed by atoms with van der Waals surface area (Å²) in [7, 11) is 1.68. The van der Waals surface area contributed by atoms with Crippen LogP contribution in [-0.4, -0.2) is 62.6 Å². The molecule has 0 spiro atoms. The molecule has 5 heteroatoms. The first-order chi connectivity index (χ1) is 13.0. The second-order valence-corrected chi connectivity index (χ2v) is 7.20. The first-order valence-corrected chi connectivity index (χ1v) is 9.54. The van der Waals surface area contributed by atoms with Crippen LogP contribution in [0.3, 0.4) is 0 Å². The Kier molecular flexibility index (Phi) is 6.58. The predicted octanol–water partition coefficient (Wildman–Crippen LogP) is 2.87. The van der Waals surface area contributed by atoms with Crippen molar-refractivity contribution in [2.75, 3.05) is 51.3 Å². The molecule has 0 aliphatic carbocycles. The van der Waals surface area contributed by atoms with Crippen LogP contribution in [0.2, 0.25) is 0 Å². The molecule has 0 amide bonds. The van der Waals surface area contributed by atoms with Gasteiger partial charge in [0, 0.05) is 38.4 Å². The maximum Gasteiger partial charge on any atom is 0.119 e. The van der Waals surface area contributed by atoms with Gasteiger partial charge in [-0.25, -0.2) is 0 Å². The maximum atomic E-state index is 10.3. The summed E-state index contributed by atoms with van der Waals surface area (Å²) in [5.74, 6) is 1.70. The third-order valence-corrected chi connectivity index (χ3v) is 5.20. The minimum absolute atomic E-state index is 0.321. The maximum absolute atomic E-state index is 10.3. The van der Waals surface area contributed by atoms with Crippen LogP contribution in [0.15, 0.2) is 42.5 Å². The SMILES string of the molecule is COc1ccc(N2CCN(C[C@@H](O)COc3ccc(C)c(C)c3)CC2)cc1. The first-order valence-electron chi connectivity index (χ1n) is 9.54. The molecule has 5 nitrogen and oxygen atoms in total. The van der Waals surface area contributed by atoms with E-state index in [4.69, 9.17) is 9.47 Å². The summed E-state index contributed by atoms with van der Waals surface area (Å²) < 4.78 is 11.0.